The number of ether oxygens (including phenoxy) is 1. The Morgan fingerprint density at radius 3 is 2.70 bits per heavy atom. The van der Waals surface area contributed by atoms with Crippen LogP contribution in [0, 0.1) is 0 Å². The number of carbonyl (C=O) groups excluding carboxylic acids is 1. The lowest BCUT2D eigenvalue weighted by molar-refractivity contribution is 0.0882. The van der Waals surface area contributed by atoms with E-state index in [1.165, 1.54) is 0 Å². The molecule has 6 heteroatoms. The molecule has 0 radical (unpaired) electrons. The number of nitrogens with one attached hydrogen (secondary N) is 1. The van der Waals surface area contributed by atoms with Crippen LogP contribution in [0.4, 0.5) is 0 Å². The highest BCUT2D eigenvalue weighted by atomic mass is 16.5. The number of carbonyl (C=O) groups is 1. The number of aromatic nitrogens is 2. The molecule has 0 aromatic carbocycles. The van der Waals surface area contributed by atoms with E-state index in [-0.39, 0.29) is 17.5 Å². The molecule has 2 aromatic rings. The van der Waals surface area contributed by atoms with Crippen molar-refractivity contribution in [2.45, 2.75) is 45.7 Å². The van der Waals surface area contributed by atoms with E-state index in [2.05, 4.69) is 10.4 Å². The van der Waals surface area contributed by atoms with Gasteiger partial charge in [0.1, 0.15) is 17.6 Å². The molecule has 0 fully saturated rings. The van der Waals surface area contributed by atoms with Crippen LogP contribution in [-0.4, -0.2) is 29.4 Å². The number of methoxy groups -OCH3 is 1. The molecule has 1 atom stereocenters. The molecule has 0 saturated carbocycles. The third-order valence-corrected chi connectivity index (χ3v) is 3.55. The summed E-state index contributed by atoms with van der Waals surface area (Å²) in [6, 6.07) is 3.47. The first-order valence-corrected chi connectivity index (χ1v) is 7.78. The fourth-order valence-electron chi connectivity index (χ4n) is 2.18. The molecule has 0 saturated heterocycles. The van der Waals surface area contributed by atoms with Gasteiger partial charge < -0.3 is 14.5 Å². The molecule has 0 spiro atoms. The van der Waals surface area contributed by atoms with Crippen LogP contribution in [0.15, 0.2) is 28.9 Å². The predicted octanol–water partition coefficient (Wildman–Crippen LogP) is 2.91. The molecule has 2 heterocycles. The number of furan rings is 1. The zero-order valence-corrected chi connectivity index (χ0v) is 14.4. The number of rotatable bonds is 6. The number of nitrogens with zero attached hydrogens (tertiary/aromatic N) is 2. The summed E-state index contributed by atoms with van der Waals surface area (Å²) in [6.45, 7) is 8.46. The maximum absolute atomic E-state index is 12.5. The average Bonchev–Trinajstić information content (AvgIpc) is 3.15. The molecule has 0 aliphatic rings. The van der Waals surface area contributed by atoms with Gasteiger partial charge in [0.05, 0.1) is 23.9 Å². The van der Waals surface area contributed by atoms with Crippen LogP contribution in [0.25, 0.3) is 0 Å². The van der Waals surface area contributed by atoms with Crippen molar-refractivity contribution in [2.75, 3.05) is 13.7 Å². The Morgan fingerprint density at radius 1 is 1.43 bits per heavy atom. The molecule has 0 bridgehead atoms. The largest absolute Gasteiger partial charge is 0.464 e. The zero-order chi connectivity index (χ0) is 17.0. The van der Waals surface area contributed by atoms with Crippen LogP contribution < -0.4 is 5.32 Å². The van der Waals surface area contributed by atoms with Crippen molar-refractivity contribution in [3.8, 4) is 0 Å². The monoisotopic (exact) mass is 319 g/mol. The summed E-state index contributed by atoms with van der Waals surface area (Å²) in [4.78, 5) is 12.5. The second-order valence-electron chi connectivity index (χ2n) is 6.48. The summed E-state index contributed by atoms with van der Waals surface area (Å²) in [6.07, 6.45) is 4.13. The molecule has 0 aliphatic carbocycles. The molecule has 1 unspecified atom stereocenters. The van der Waals surface area contributed by atoms with Crippen LogP contribution in [0.3, 0.4) is 0 Å². The Kier molecular flexibility index (Phi) is 5.26. The van der Waals surface area contributed by atoms with Crippen molar-refractivity contribution in [2.24, 2.45) is 0 Å². The standard InChI is InChI=1S/C17H25N3O3/c1-6-13-7-8-15(23-13)14(11-22-5)19-16(21)12-9-18-20(10-12)17(2,3)4/h7-10,14H,6,11H2,1-5H3,(H,19,21). The molecule has 0 aliphatic heterocycles. The van der Waals surface area contributed by atoms with Gasteiger partial charge in [-0.1, -0.05) is 6.92 Å². The first-order valence-electron chi connectivity index (χ1n) is 7.78. The summed E-state index contributed by atoms with van der Waals surface area (Å²) in [5.41, 5.74) is 0.352. The van der Waals surface area contributed by atoms with Gasteiger partial charge in [-0.05, 0) is 32.9 Å². The molecule has 126 valence electrons. The van der Waals surface area contributed by atoms with E-state index < -0.39 is 0 Å². The van der Waals surface area contributed by atoms with Gasteiger partial charge in [0.15, 0.2) is 0 Å². The van der Waals surface area contributed by atoms with E-state index in [0.717, 1.165) is 12.2 Å². The zero-order valence-electron chi connectivity index (χ0n) is 14.4. The second-order valence-corrected chi connectivity index (χ2v) is 6.48. The highest BCUT2D eigenvalue weighted by molar-refractivity contribution is 5.93. The average molecular weight is 319 g/mol. The highest BCUT2D eigenvalue weighted by Gasteiger charge is 2.21. The van der Waals surface area contributed by atoms with Crippen molar-refractivity contribution in [1.29, 1.82) is 0 Å². The highest BCUT2D eigenvalue weighted by Crippen LogP contribution is 2.19. The number of hydrogen-bond donors (Lipinski definition) is 1. The number of hydrogen-bond acceptors (Lipinski definition) is 4. The van der Waals surface area contributed by atoms with Crippen LogP contribution in [0.5, 0.6) is 0 Å². The third kappa shape index (κ3) is 4.22. The summed E-state index contributed by atoms with van der Waals surface area (Å²) >= 11 is 0. The Balaban J connectivity index is 2.13. The summed E-state index contributed by atoms with van der Waals surface area (Å²) in [5, 5.41) is 7.19. The second kappa shape index (κ2) is 7.00. The van der Waals surface area contributed by atoms with Crippen molar-refractivity contribution >= 4 is 5.91 Å². The van der Waals surface area contributed by atoms with Crippen LogP contribution in [0.1, 0.15) is 55.6 Å². The SMILES string of the molecule is CCc1ccc(C(COC)NC(=O)c2cnn(C(C)(C)C)c2)o1. The number of aryl methyl sites for hydroxylation is 1. The van der Waals surface area contributed by atoms with Gasteiger partial charge in [0.2, 0.25) is 0 Å². The van der Waals surface area contributed by atoms with Gasteiger partial charge in [-0.25, -0.2) is 0 Å². The maximum Gasteiger partial charge on any atom is 0.255 e. The van der Waals surface area contributed by atoms with Gasteiger partial charge in [0, 0.05) is 19.7 Å². The quantitative estimate of drug-likeness (QED) is 0.889. The van der Waals surface area contributed by atoms with E-state index >= 15 is 0 Å². The minimum absolute atomic E-state index is 0.165. The lowest BCUT2D eigenvalue weighted by atomic mass is 10.1. The Bertz CT molecular complexity index is 652. The van der Waals surface area contributed by atoms with Gasteiger partial charge in [0.25, 0.3) is 5.91 Å². The Hall–Kier alpha value is -2.08. The van der Waals surface area contributed by atoms with Gasteiger partial charge in [-0.3, -0.25) is 9.48 Å². The first-order chi connectivity index (χ1) is 10.8. The molecule has 1 amide bonds. The predicted molar refractivity (Wildman–Crippen MR) is 87.4 cm³/mol. The van der Waals surface area contributed by atoms with Crippen molar-refractivity contribution in [3.63, 3.8) is 0 Å². The molecule has 1 N–H and O–H groups in total. The van der Waals surface area contributed by atoms with E-state index in [0.29, 0.717) is 17.9 Å². The van der Waals surface area contributed by atoms with E-state index in [1.54, 1.807) is 24.2 Å². The number of amides is 1. The topological polar surface area (TPSA) is 69.3 Å². The summed E-state index contributed by atoms with van der Waals surface area (Å²) < 4.78 is 12.7. The Labute approximate surface area is 136 Å². The van der Waals surface area contributed by atoms with Gasteiger partial charge in [-0.15, -0.1) is 0 Å². The van der Waals surface area contributed by atoms with E-state index in [9.17, 15) is 4.79 Å². The lowest BCUT2D eigenvalue weighted by Crippen LogP contribution is -2.31. The molecular formula is C17H25N3O3. The van der Waals surface area contributed by atoms with Crippen molar-refractivity contribution < 1.29 is 13.9 Å². The molecule has 2 rings (SSSR count). The summed E-state index contributed by atoms with van der Waals surface area (Å²) in [5.74, 6) is 1.38. The summed E-state index contributed by atoms with van der Waals surface area (Å²) in [7, 11) is 1.60. The van der Waals surface area contributed by atoms with Gasteiger partial charge in [-0.2, -0.15) is 5.10 Å². The Morgan fingerprint density at radius 2 is 2.17 bits per heavy atom. The van der Waals surface area contributed by atoms with Gasteiger partial charge >= 0.3 is 0 Å². The van der Waals surface area contributed by atoms with Crippen LogP contribution >= 0.6 is 0 Å². The van der Waals surface area contributed by atoms with Crippen LogP contribution in [0.2, 0.25) is 0 Å². The van der Waals surface area contributed by atoms with Crippen molar-refractivity contribution in [3.05, 3.63) is 41.6 Å². The normalized spacial score (nSPS) is 13.1. The fourth-order valence-corrected chi connectivity index (χ4v) is 2.18. The lowest BCUT2D eigenvalue weighted by Gasteiger charge is -2.18. The third-order valence-electron chi connectivity index (χ3n) is 3.55. The smallest absolute Gasteiger partial charge is 0.255 e. The molecule has 2 aromatic heterocycles. The maximum atomic E-state index is 12.5. The van der Waals surface area contributed by atoms with E-state index in [1.807, 2.05) is 39.8 Å². The minimum atomic E-state index is -0.328. The van der Waals surface area contributed by atoms with Crippen LogP contribution in [-0.2, 0) is 16.7 Å². The molecule has 6 nitrogen and oxygen atoms in total. The molecular weight excluding hydrogens is 294 g/mol. The van der Waals surface area contributed by atoms with Crippen molar-refractivity contribution in [1.82, 2.24) is 15.1 Å². The fraction of sp³-hybridized carbons (Fsp3) is 0.529. The van der Waals surface area contributed by atoms with E-state index in [4.69, 9.17) is 9.15 Å². The first kappa shape index (κ1) is 17.3. The molecule has 23 heavy (non-hydrogen) atoms. The minimum Gasteiger partial charge on any atom is -0.464 e.